The Morgan fingerprint density at radius 1 is 1.14 bits per heavy atom. The molecule has 0 saturated heterocycles. The summed E-state index contributed by atoms with van der Waals surface area (Å²) in [5.41, 5.74) is -0.818. The standard InChI is InChI=1S/C18H30O4/c1-5-7-8-9-10-11-12-13-15(16(19)20)14-18(3,4)17(21)22-6-2/h5-6,15H,1-2,7-14H2,3-4H3,(H,19,20). The Hall–Kier alpha value is -1.58. The smallest absolute Gasteiger partial charge is 0.316 e. The number of carboxylic acids is 1. The minimum Gasteiger partial charge on any atom is -0.481 e. The largest absolute Gasteiger partial charge is 0.481 e. The molecule has 126 valence electrons. The lowest BCUT2D eigenvalue weighted by molar-refractivity contribution is -0.151. The minimum atomic E-state index is -0.842. The molecule has 0 aromatic heterocycles. The maximum Gasteiger partial charge on any atom is 0.316 e. The number of esters is 1. The number of carboxylic acid groups (broad SMARTS) is 1. The molecule has 1 atom stereocenters. The summed E-state index contributed by atoms with van der Waals surface area (Å²) in [5, 5.41) is 9.34. The van der Waals surface area contributed by atoms with Gasteiger partial charge in [-0.3, -0.25) is 9.59 Å². The van der Waals surface area contributed by atoms with E-state index < -0.39 is 23.3 Å². The molecule has 0 saturated carbocycles. The van der Waals surface area contributed by atoms with E-state index in [2.05, 4.69) is 13.2 Å². The highest BCUT2D eigenvalue weighted by Gasteiger charge is 2.34. The van der Waals surface area contributed by atoms with Crippen LogP contribution in [0.5, 0.6) is 0 Å². The van der Waals surface area contributed by atoms with Crippen molar-refractivity contribution < 1.29 is 19.4 Å². The molecule has 0 rings (SSSR count). The summed E-state index contributed by atoms with van der Waals surface area (Å²) >= 11 is 0. The molecule has 4 nitrogen and oxygen atoms in total. The number of unbranched alkanes of at least 4 members (excludes halogenated alkanes) is 5. The fraction of sp³-hybridized carbons (Fsp3) is 0.667. The number of carbonyl (C=O) groups excluding carboxylic acids is 1. The van der Waals surface area contributed by atoms with Crippen molar-refractivity contribution in [1.29, 1.82) is 0 Å². The van der Waals surface area contributed by atoms with E-state index in [-0.39, 0.29) is 6.42 Å². The molecule has 0 aliphatic rings. The SMILES string of the molecule is C=CCCCCCCCC(CC(C)(C)C(=O)OC=C)C(=O)O. The molecule has 0 aliphatic carbocycles. The minimum absolute atomic E-state index is 0.283. The normalized spacial score (nSPS) is 12.5. The van der Waals surface area contributed by atoms with Gasteiger partial charge in [0.05, 0.1) is 17.6 Å². The van der Waals surface area contributed by atoms with Crippen molar-refractivity contribution in [3.05, 3.63) is 25.5 Å². The highest BCUT2D eigenvalue weighted by molar-refractivity contribution is 5.78. The predicted octanol–water partition coefficient (Wildman–Crippen LogP) is 4.71. The molecule has 0 fully saturated rings. The van der Waals surface area contributed by atoms with E-state index >= 15 is 0 Å². The maximum absolute atomic E-state index is 11.8. The van der Waals surface area contributed by atoms with Crippen molar-refractivity contribution in [3.8, 4) is 0 Å². The first-order valence-corrected chi connectivity index (χ1v) is 8.01. The summed E-state index contributed by atoms with van der Waals surface area (Å²) in [7, 11) is 0. The first-order chi connectivity index (χ1) is 10.3. The molecule has 0 aliphatic heterocycles. The number of hydrogen-bond donors (Lipinski definition) is 1. The van der Waals surface area contributed by atoms with Crippen molar-refractivity contribution in [2.75, 3.05) is 0 Å². The van der Waals surface area contributed by atoms with Gasteiger partial charge in [-0.2, -0.15) is 0 Å². The number of aliphatic carboxylic acids is 1. The van der Waals surface area contributed by atoms with Crippen molar-refractivity contribution >= 4 is 11.9 Å². The number of allylic oxidation sites excluding steroid dienone is 1. The van der Waals surface area contributed by atoms with Crippen molar-refractivity contribution in [1.82, 2.24) is 0 Å². The van der Waals surface area contributed by atoms with Gasteiger partial charge in [0.25, 0.3) is 0 Å². The second kappa shape index (κ2) is 11.0. The van der Waals surface area contributed by atoms with E-state index in [1.54, 1.807) is 13.8 Å². The van der Waals surface area contributed by atoms with E-state index in [0.29, 0.717) is 6.42 Å². The van der Waals surface area contributed by atoms with Gasteiger partial charge in [-0.15, -0.1) is 6.58 Å². The van der Waals surface area contributed by atoms with Gasteiger partial charge in [-0.05, 0) is 39.5 Å². The molecule has 22 heavy (non-hydrogen) atoms. The van der Waals surface area contributed by atoms with Gasteiger partial charge in [0.1, 0.15) is 0 Å². The Morgan fingerprint density at radius 2 is 1.73 bits per heavy atom. The van der Waals surface area contributed by atoms with Crippen LogP contribution < -0.4 is 0 Å². The van der Waals surface area contributed by atoms with Gasteiger partial charge >= 0.3 is 11.9 Å². The summed E-state index contributed by atoms with van der Waals surface area (Å²) in [4.78, 5) is 23.2. The molecule has 0 bridgehead atoms. The average molecular weight is 310 g/mol. The summed E-state index contributed by atoms with van der Waals surface area (Å²) in [5.74, 6) is -1.79. The van der Waals surface area contributed by atoms with Crippen LogP contribution in [-0.4, -0.2) is 17.0 Å². The Labute approximate surface area is 134 Å². The van der Waals surface area contributed by atoms with Crippen LogP contribution in [0.15, 0.2) is 25.5 Å². The lowest BCUT2D eigenvalue weighted by Crippen LogP contribution is -2.30. The molecule has 0 spiro atoms. The van der Waals surface area contributed by atoms with E-state index in [4.69, 9.17) is 4.74 Å². The summed E-state index contributed by atoms with van der Waals surface area (Å²) in [6.45, 7) is 10.5. The fourth-order valence-corrected chi connectivity index (χ4v) is 2.46. The van der Waals surface area contributed by atoms with Crippen LogP contribution in [0, 0.1) is 11.3 Å². The van der Waals surface area contributed by atoms with Crippen LogP contribution in [0.3, 0.4) is 0 Å². The summed E-state index contributed by atoms with van der Waals surface area (Å²) < 4.78 is 4.79. The molecule has 0 amide bonds. The topological polar surface area (TPSA) is 63.6 Å². The van der Waals surface area contributed by atoms with Gasteiger partial charge in [0, 0.05) is 0 Å². The van der Waals surface area contributed by atoms with Crippen LogP contribution in [0.2, 0.25) is 0 Å². The molecule has 1 N–H and O–H groups in total. The Bertz CT molecular complexity index is 371. The molecule has 4 heteroatoms. The highest BCUT2D eigenvalue weighted by Crippen LogP contribution is 2.30. The van der Waals surface area contributed by atoms with Crippen molar-refractivity contribution in [3.63, 3.8) is 0 Å². The average Bonchev–Trinajstić information content (AvgIpc) is 2.45. The van der Waals surface area contributed by atoms with Crippen LogP contribution in [0.1, 0.15) is 65.2 Å². The molecular weight excluding hydrogens is 280 g/mol. The Kier molecular flexibility index (Phi) is 10.3. The molecule has 0 aromatic carbocycles. The predicted molar refractivity (Wildman–Crippen MR) is 88.3 cm³/mol. The molecule has 0 aromatic rings. The van der Waals surface area contributed by atoms with Gasteiger partial charge in [0.2, 0.25) is 0 Å². The van der Waals surface area contributed by atoms with E-state index in [1.165, 1.54) is 0 Å². The van der Waals surface area contributed by atoms with Crippen LogP contribution >= 0.6 is 0 Å². The number of ether oxygens (including phenoxy) is 1. The maximum atomic E-state index is 11.8. The summed E-state index contributed by atoms with van der Waals surface area (Å²) in [6, 6.07) is 0. The molecule has 1 unspecified atom stereocenters. The zero-order valence-electron chi connectivity index (χ0n) is 14.0. The third kappa shape index (κ3) is 8.65. The van der Waals surface area contributed by atoms with Gasteiger partial charge in [-0.25, -0.2) is 0 Å². The lowest BCUT2D eigenvalue weighted by Gasteiger charge is -2.25. The number of carbonyl (C=O) groups is 2. The van der Waals surface area contributed by atoms with Crippen LogP contribution in [-0.2, 0) is 14.3 Å². The second-order valence-electron chi connectivity index (χ2n) is 6.33. The molecule has 0 heterocycles. The quantitative estimate of drug-likeness (QED) is 0.232. The Morgan fingerprint density at radius 3 is 2.27 bits per heavy atom. The number of hydrogen-bond acceptors (Lipinski definition) is 3. The monoisotopic (exact) mass is 310 g/mol. The fourth-order valence-electron chi connectivity index (χ4n) is 2.46. The van der Waals surface area contributed by atoms with E-state index in [1.807, 2.05) is 6.08 Å². The first kappa shape index (κ1) is 20.4. The van der Waals surface area contributed by atoms with Gasteiger partial charge < -0.3 is 9.84 Å². The van der Waals surface area contributed by atoms with E-state index in [0.717, 1.165) is 44.8 Å². The molecular formula is C18H30O4. The Balaban J connectivity index is 4.21. The third-order valence-electron chi connectivity index (χ3n) is 3.81. The highest BCUT2D eigenvalue weighted by atomic mass is 16.5. The molecule has 0 radical (unpaired) electrons. The summed E-state index contributed by atoms with van der Waals surface area (Å²) in [6.07, 6.45) is 10.2. The van der Waals surface area contributed by atoms with Crippen LogP contribution in [0.4, 0.5) is 0 Å². The second-order valence-corrected chi connectivity index (χ2v) is 6.33. The number of rotatable bonds is 13. The van der Waals surface area contributed by atoms with Gasteiger partial charge in [0.15, 0.2) is 0 Å². The zero-order chi connectivity index (χ0) is 17.0. The van der Waals surface area contributed by atoms with Crippen LogP contribution in [0.25, 0.3) is 0 Å². The van der Waals surface area contributed by atoms with E-state index in [9.17, 15) is 14.7 Å². The van der Waals surface area contributed by atoms with Crippen molar-refractivity contribution in [2.45, 2.75) is 65.2 Å². The van der Waals surface area contributed by atoms with Gasteiger partial charge in [-0.1, -0.05) is 38.3 Å². The van der Waals surface area contributed by atoms with Crippen molar-refractivity contribution in [2.24, 2.45) is 11.3 Å². The first-order valence-electron chi connectivity index (χ1n) is 8.01. The lowest BCUT2D eigenvalue weighted by atomic mass is 9.80. The zero-order valence-corrected chi connectivity index (χ0v) is 14.0. The third-order valence-corrected chi connectivity index (χ3v) is 3.81.